The van der Waals surface area contributed by atoms with Crippen molar-refractivity contribution in [1.82, 2.24) is 15.5 Å². The summed E-state index contributed by atoms with van der Waals surface area (Å²) in [4.78, 5) is 39.8. The number of hydrogen-bond acceptors (Lipinski definition) is 7. The molecule has 32 heavy (non-hydrogen) atoms. The molecule has 0 bridgehead atoms. The number of nitrogens with one attached hydrogen (secondary N) is 2. The fourth-order valence-corrected chi connectivity index (χ4v) is 2.77. The molecule has 0 unspecified atom stereocenters. The van der Waals surface area contributed by atoms with Crippen LogP contribution in [0.5, 0.6) is 0 Å². The smallest absolute Gasteiger partial charge is 0.325 e. The van der Waals surface area contributed by atoms with Crippen LogP contribution in [-0.2, 0) is 20.7 Å². The third kappa shape index (κ3) is 6.64. The van der Waals surface area contributed by atoms with Crippen LogP contribution in [0.25, 0.3) is 11.4 Å². The van der Waals surface area contributed by atoms with E-state index in [4.69, 9.17) is 20.9 Å². The van der Waals surface area contributed by atoms with Crippen LogP contribution in [-0.4, -0.2) is 34.7 Å². The van der Waals surface area contributed by atoms with Gasteiger partial charge in [-0.15, -0.1) is 0 Å². The van der Waals surface area contributed by atoms with E-state index in [0.29, 0.717) is 16.5 Å². The van der Waals surface area contributed by atoms with Crippen LogP contribution in [0.4, 0.5) is 10.5 Å². The van der Waals surface area contributed by atoms with Crippen LogP contribution in [0.2, 0.25) is 5.02 Å². The highest BCUT2D eigenvalue weighted by Gasteiger charge is 2.14. The summed E-state index contributed by atoms with van der Waals surface area (Å²) in [5.74, 6) is -0.758. The molecule has 0 fully saturated rings. The maximum absolute atomic E-state index is 11.9. The lowest BCUT2D eigenvalue weighted by atomic mass is 10.1. The van der Waals surface area contributed by atoms with E-state index in [2.05, 4.69) is 20.8 Å². The van der Waals surface area contributed by atoms with Gasteiger partial charge in [0.25, 0.3) is 5.91 Å². The van der Waals surface area contributed by atoms with Gasteiger partial charge < -0.3 is 14.6 Å². The van der Waals surface area contributed by atoms with E-state index < -0.39 is 24.5 Å². The second kappa shape index (κ2) is 10.5. The predicted molar refractivity (Wildman–Crippen MR) is 117 cm³/mol. The standard InChI is InChI=1S/C22H21ClN4O5/c1-13-3-8-17(11-14(13)2)24-22(30)25-18(28)12-31-20(29)10-9-19-26-21(27-32-19)15-4-6-16(23)7-5-15/h3-8,11H,9-10,12H2,1-2H3,(H2,24,25,28,30). The fraction of sp³-hybridized carbons (Fsp3) is 0.227. The van der Waals surface area contributed by atoms with Crippen molar-refractivity contribution >= 4 is 35.2 Å². The summed E-state index contributed by atoms with van der Waals surface area (Å²) in [6.45, 7) is 3.28. The Morgan fingerprint density at radius 2 is 1.81 bits per heavy atom. The Labute approximate surface area is 189 Å². The Kier molecular flexibility index (Phi) is 7.56. The minimum atomic E-state index is -0.748. The lowest BCUT2D eigenvalue weighted by Gasteiger charge is -2.09. The summed E-state index contributed by atoms with van der Waals surface area (Å²) in [6, 6.07) is 11.6. The summed E-state index contributed by atoms with van der Waals surface area (Å²) in [5, 5.41) is 9.09. The molecule has 0 radical (unpaired) electrons. The number of benzene rings is 2. The average molecular weight is 457 g/mol. The van der Waals surface area contributed by atoms with Gasteiger partial charge in [0.15, 0.2) is 6.61 Å². The highest BCUT2D eigenvalue weighted by atomic mass is 35.5. The summed E-state index contributed by atoms with van der Waals surface area (Å²) in [6.07, 6.45) is 0.0820. The van der Waals surface area contributed by atoms with Crippen molar-refractivity contribution < 1.29 is 23.6 Å². The molecule has 0 spiro atoms. The number of carbonyl (C=O) groups excluding carboxylic acids is 3. The molecule has 166 valence electrons. The molecule has 9 nitrogen and oxygen atoms in total. The van der Waals surface area contributed by atoms with E-state index in [1.807, 2.05) is 19.9 Å². The number of aryl methyl sites for hydroxylation is 3. The molecule has 0 atom stereocenters. The van der Waals surface area contributed by atoms with E-state index in [1.165, 1.54) is 0 Å². The summed E-state index contributed by atoms with van der Waals surface area (Å²) < 4.78 is 10.00. The molecular weight excluding hydrogens is 436 g/mol. The Morgan fingerprint density at radius 1 is 1.06 bits per heavy atom. The van der Waals surface area contributed by atoms with Gasteiger partial charge in [0.05, 0.1) is 6.42 Å². The minimum Gasteiger partial charge on any atom is -0.456 e. The maximum Gasteiger partial charge on any atom is 0.325 e. The van der Waals surface area contributed by atoms with Crippen LogP contribution in [0.3, 0.4) is 0 Å². The number of anilines is 1. The molecule has 3 amide bonds. The van der Waals surface area contributed by atoms with Crippen molar-refractivity contribution in [3.63, 3.8) is 0 Å². The number of urea groups is 1. The van der Waals surface area contributed by atoms with E-state index in [-0.39, 0.29) is 18.7 Å². The first-order chi connectivity index (χ1) is 15.3. The van der Waals surface area contributed by atoms with Crippen LogP contribution in [0.15, 0.2) is 47.0 Å². The van der Waals surface area contributed by atoms with E-state index in [0.717, 1.165) is 16.7 Å². The average Bonchev–Trinajstić information content (AvgIpc) is 3.23. The zero-order valence-electron chi connectivity index (χ0n) is 17.5. The quantitative estimate of drug-likeness (QED) is 0.518. The van der Waals surface area contributed by atoms with Crippen LogP contribution in [0.1, 0.15) is 23.4 Å². The van der Waals surface area contributed by atoms with Crippen LogP contribution >= 0.6 is 11.6 Å². The van der Waals surface area contributed by atoms with Crippen LogP contribution < -0.4 is 10.6 Å². The third-order valence-corrected chi connectivity index (χ3v) is 4.75. The van der Waals surface area contributed by atoms with Gasteiger partial charge >= 0.3 is 12.0 Å². The van der Waals surface area contributed by atoms with E-state index in [1.54, 1.807) is 36.4 Å². The Hall–Kier alpha value is -3.72. The topological polar surface area (TPSA) is 123 Å². The van der Waals surface area contributed by atoms with Gasteiger partial charge in [0.1, 0.15) is 0 Å². The maximum atomic E-state index is 11.9. The number of halogens is 1. The largest absolute Gasteiger partial charge is 0.456 e. The number of aromatic nitrogens is 2. The molecular formula is C22H21ClN4O5. The fourth-order valence-electron chi connectivity index (χ4n) is 2.64. The zero-order chi connectivity index (χ0) is 23.1. The molecule has 2 aromatic carbocycles. The van der Waals surface area contributed by atoms with Crippen molar-refractivity contribution in [3.8, 4) is 11.4 Å². The first-order valence-corrected chi connectivity index (χ1v) is 10.1. The van der Waals surface area contributed by atoms with Crippen molar-refractivity contribution in [2.45, 2.75) is 26.7 Å². The van der Waals surface area contributed by atoms with Gasteiger partial charge in [-0.05, 0) is 61.4 Å². The highest BCUT2D eigenvalue weighted by molar-refractivity contribution is 6.30. The molecule has 0 aliphatic rings. The number of amides is 3. The van der Waals surface area contributed by atoms with Crippen molar-refractivity contribution in [2.24, 2.45) is 0 Å². The molecule has 3 rings (SSSR count). The van der Waals surface area contributed by atoms with E-state index >= 15 is 0 Å². The number of hydrogen-bond donors (Lipinski definition) is 2. The number of imide groups is 1. The summed E-state index contributed by atoms with van der Waals surface area (Å²) in [5.41, 5.74) is 3.36. The van der Waals surface area contributed by atoms with Gasteiger partial charge in [-0.25, -0.2) is 4.79 Å². The molecule has 10 heteroatoms. The summed E-state index contributed by atoms with van der Waals surface area (Å²) in [7, 11) is 0. The second-order valence-corrected chi connectivity index (χ2v) is 7.42. The lowest BCUT2D eigenvalue weighted by Crippen LogP contribution is -2.37. The molecule has 1 heterocycles. The van der Waals surface area contributed by atoms with Gasteiger partial charge in [-0.3, -0.25) is 14.9 Å². The molecule has 0 saturated heterocycles. The molecule has 0 aliphatic carbocycles. The van der Waals surface area contributed by atoms with Crippen LogP contribution in [0, 0.1) is 13.8 Å². The molecule has 1 aromatic heterocycles. The van der Waals surface area contributed by atoms with Crippen molar-refractivity contribution in [3.05, 3.63) is 64.5 Å². The van der Waals surface area contributed by atoms with Crippen molar-refractivity contribution in [2.75, 3.05) is 11.9 Å². The number of esters is 1. The van der Waals surface area contributed by atoms with Gasteiger partial charge in [0.2, 0.25) is 11.7 Å². The normalized spacial score (nSPS) is 10.5. The Morgan fingerprint density at radius 3 is 2.53 bits per heavy atom. The Balaban J connectivity index is 1.39. The number of carbonyl (C=O) groups is 3. The lowest BCUT2D eigenvalue weighted by molar-refractivity contribution is -0.148. The molecule has 0 saturated carbocycles. The number of rotatable bonds is 7. The van der Waals surface area contributed by atoms with Gasteiger partial charge in [0, 0.05) is 22.7 Å². The molecule has 3 aromatic rings. The predicted octanol–water partition coefficient (Wildman–Crippen LogP) is 3.83. The van der Waals surface area contributed by atoms with Gasteiger partial charge in [-0.2, -0.15) is 4.98 Å². The third-order valence-electron chi connectivity index (χ3n) is 4.50. The highest BCUT2D eigenvalue weighted by Crippen LogP contribution is 2.19. The van der Waals surface area contributed by atoms with Gasteiger partial charge in [-0.1, -0.05) is 22.8 Å². The van der Waals surface area contributed by atoms with Crippen molar-refractivity contribution in [1.29, 1.82) is 0 Å². The minimum absolute atomic E-state index is 0.0651. The summed E-state index contributed by atoms with van der Waals surface area (Å²) >= 11 is 5.85. The number of ether oxygens (including phenoxy) is 1. The van der Waals surface area contributed by atoms with E-state index in [9.17, 15) is 14.4 Å². The second-order valence-electron chi connectivity index (χ2n) is 6.98. The Bertz CT molecular complexity index is 1130. The molecule has 0 aliphatic heterocycles. The molecule has 2 N–H and O–H groups in total. The first-order valence-electron chi connectivity index (χ1n) is 9.72. The SMILES string of the molecule is Cc1ccc(NC(=O)NC(=O)COC(=O)CCc2nc(-c3ccc(Cl)cc3)no2)cc1C. The zero-order valence-corrected chi connectivity index (χ0v) is 18.2. The number of nitrogens with zero attached hydrogens (tertiary/aromatic N) is 2. The monoisotopic (exact) mass is 456 g/mol. The first kappa shape index (κ1) is 23.0.